The number of carbonyl (C=O) groups excluding carboxylic acids is 1. The Balaban J connectivity index is 1.57. The van der Waals surface area contributed by atoms with E-state index in [-0.39, 0.29) is 23.8 Å². The minimum absolute atomic E-state index is 0.0765. The lowest BCUT2D eigenvalue weighted by molar-refractivity contribution is -0.384. The Labute approximate surface area is 237 Å². The van der Waals surface area contributed by atoms with Gasteiger partial charge in [-0.3, -0.25) is 10.1 Å². The van der Waals surface area contributed by atoms with Gasteiger partial charge in [0.2, 0.25) is 5.82 Å². The number of anilines is 1. The normalized spacial score (nSPS) is 14.3. The predicted octanol–water partition coefficient (Wildman–Crippen LogP) is 6.33. The van der Waals surface area contributed by atoms with Crippen LogP contribution >= 0.6 is 15.9 Å². The van der Waals surface area contributed by atoms with E-state index in [0.29, 0.717) is 40.0 Å². The zero-order chi connectivity index (χ0) is 29.1. The molecule has 2 N–H and O–H groups in total. The van der Waals surface area contributed by atoms with Crippen molar-refractivity contribution in [3.8, 4) is 17.0 Å². The summed E-state index contributed by atoms with van der Waals surface area (Å²) in [6, 6.07) is 7.29. The molecule has 0 bridgehead atoms. The third-order valence-electron chi connectivity index (χ3n) is 6.12. The smallest absolute Gasteiger partial charge is 0.408 e. The van der Waals surface area contributed by atoms with Gasteiger partial charge in [0.1, 0.15) is 16.9 Å². The molecule has 0 radical (unpaired) electrons. The molecule has 14 heteroatoms. The van der Waals surface area contributed by atoms with Gasteiger partial charge in [-0.25, -0.2) is 19.7 Å². The number of nitrogens with zero attached hydrogens (tertiary/aromatic N) is 4. The van der Waals surface area contributed by atoms with E-state index >= 15 is 0 Å². The molecule has 1 aliphatic rings. The van der Waals surface area contributed by atoms with Gasteiger partial charge in [-0.1, -0.05) is 22.0 Å². The van der Waals surface area contributed by atoms with Crippen LogP contribution in [0.1, 0.15) is 51.4 Å². The van der Waals surface area contributed by atoms with Crippen LogP contribution in [-0.2, 0) is 16.8 Å². The van der Waals surface area contributed by atoms with Crippen LogP contribution in [0.25, 0.3) is 11.3 Å². The molecule has 1 aromatic carbocycles. The molecule has 1 fully saturated rings. The van der Waals surface area contributed by atoms with Gasteiger partial charge in [0.15, 0.2) is 5.82 Å². The lowest BCUT2D eigenvalue weighted by Crippen LogP contribution is -2.53. The summed E-state index contributed by atoms with van der Waals surface area (Å²) in [6.45, 7) is 2.21. The monoisotopic (exact) mass is 620 g/mol. The molecular formula is C26H27BrF2N6O5. The fraction of sp³-hybridized carbons (Fsp3) is 0.385. The van der Waals surface area contributed by atoms with Crippen LogP contribution in [0.2, 0.25) is 0 Å². The van der Waals surface area contributed by atoms with E-state index in [1.165, 1.54) is 36.7 Å². The predicted molar refractivity (Wildman–Crippen MR) is 145 cm³/mol. The third kappa shape index (κ3) is 6.79. The van der Waals surface area contributed by atoms with Gasteiger partial charge in [0, 0.05) is 40.6 Å². The Morgan fingerprint density at radius 2 is 1.90 bits per heavy atom. The fourth-order valence-corrected chi connectivity index (χ4v) is 4.61. The zero-order valence-corrected chi connectivity index (χ0v) is 23.5. The molecule has 0 atom stereocenters. The van der Waals surface area contributed by atoms with Crippen LogP contribution in [0.5, 0.6) is 5.75 Å². The topological polar surface area (TPSA) is 141 Å². The van der Waals surface area contributed by atoms with E-state index in [0.717, 1.165) is 6.42 Å². The first-order valence-electron chi connectivity index (χ1n) is 12.3. The van der Waals surface area contributed by atoms with E-state index in [4.69, 9.17) is 4.74 Å². The number of nitrogens with one attached hydrogen (secondary N) is 2. The van der Waals surface area contributed by atoms with Gasteiger partial charge in [-0.15, -0.1) is 0 Å². The molecule has 2 heterocycles. The Bertz CT molecular complexity index is 1400. The number of nitro groups is 1. The number of carbonyl (C=O) groups is 1. The van der Waals surface area contributed by atoms with Crippen LogP contribution < -0.4 is 15.4 Å². The molecule has 1 amide bonds. The highest BCUT2D eigenvalue weighted by Crippen LogP contribution is 2.40. The summed E-state index contributed by atoms with van der Waals surface area (Å²) in [5.41, 5.74) is -0.534. The number of rotatable bonds is 9. The standard InChI is InChI=1S/C26H27BrF2N6O5/c1-25(2,3)40-24(36)34-26(10-5-11-26)22-31-12-15(13-32-22)18-8-9-19(35(37)38)21(33-18)30-14-16-17(27)6-4-7-20(16)39-23(28)29/h4,6-9,12-13,23H,5,10-11,14H2,1-3H3,(H,30,33)(H,34,36). The first-order valence-corrected chi connectivity index (χ1v) is 13.1. The molecule has 0 saturated heterocycles. The molecule has 212 valence electrons. The number of ether oxygens (including phenoxy) is 2. The van der Waals surface area contributed by atoms with Crippen LogP contribution in [0, 0.1) is 10.1 Å². The molecule has 1 saturated carbocycles. The largest absolute Gasteiger partial charge is 0.444 e. The second-order valence-corrected chi connectivity index (χ2v) is 11.0. The lowest BCUT2D eigenvalue weighted by atomic mass is 9.76. The highest BCUT2D eigenvalue weighted by molar-refractivity contribution is 9.10. The van der Waals surface area contributed by atoms with Crippen LogP contribution in [0.3, 0.4) is 0 Å². The van der Waals surface area contributed by atoms with Gasteiger partial charge in [-0.2, -0.15) is 8.78 Å². The Kier molecular flexibility index (Phi) is 8.47. The fourth-order valence-electron chi connectivity index (χ4n) is 4.12. The summed E-state index contributed by atoms with van der Waals surface area (Å²) >= 11 is 3.30. The molecule has 0 aliphatic heterocycles. The van der Waals surface area contributed by atoms with E-state index in [1.807, 2.05) is 0 Å². The minimum Gasteiger partial charge on any atom is -0.444 e. The van der Waals surface area contributed by atoms with Gasteiger partial charge in [0.05, 0.1) is 10.6 Å². The van der Waals surface area contributed by atoms with Crippen molar-refractivity contribution >= 4 is 33.5 Å². The van der Waals surface area contributed by atoms with Crippen molar-refractivity contribution in [2.45, 2.75) is 64.3 Å². The molecule has 1 aliphatic carbocycles. The maximum Gasteiger partial charge on any atom is 0.408 e. The van der Waals surface area contributed by atoms with Gasteiger partial charge < -0.3 is 20.1 Å². The second-order valence-electron chi connectivity index (χ2n) is 10.1. The number of amides is 1. The third-order valence-corrected chi connectivity index (χ3v) is 6.86. The molecule has 0 spiro atoms. The summed E-state index contributed by atoms with van der Waals surface area (Å²) in [5.74, 6) is 0.270. The van der Waals surface area contributed by atoms with Crippen molar-refractivity contribution in [2.24, 2.45) is 0 Å². The molecule has 40 heavy (non-hydrogen) atoms. The van der Waals surface area contributed by atoms with E-state index in [1.54, 1.807) is 26.8 Å². The highest BCUT2D eigenvalue weighted by Gasteiger charge is 2.43. The molecular weight excluding hydrogens is 594 g/mol. The maximum absolute atomic E-state index is 12.9. The maximum atomic E-state index is 12.9. The number of benzene rings is 1. The summed E-state index contributed by atoms with van der Waals surface area (Å²) in [6.07, 6.45) is 4.70. The number of aromatic nitrogens is 3. The van der Waals surface area contributed by atoms with Crippen molar-refractivity contribution in [3.63, 3.8) is 0 Å². The summed E-state index contributed by atoms with van der Waals surface area (Å²) in [4.78, 5) is 36.8. The van der Waals surface area contributed by atoms with Crippen LogP contribution in [-0.4, -0.2) is 38.2 Å². The summed E-state index contributed by atoms with van der Waals surface area (Å²) in [5, 5.41) is 17.4. The summed E-state index contributed by atoms with van der Waals surface area (Å²) < 4.78 is 36.2. The SMILES string of the molecule is CC(C)(C)OC(=O)NC1(c2ncc(-c3ccc([N+](=O)[O-])c(NCc4c(Br)cccc4OC(F)F)n3)cn2)CCC1. The van der Waals surface area contributed by atoms with Crippen molar-refractivity contribution in [3.05, 3.63) is 68.7 Å². The molecule has 3 aromatic rings. The zero-order valence-electron chi connectivity index (χ0n) is 21.9. The summed E-state index contributed by atoms with van der Waals surface area (Å²) in [7, 11) is 0. The van der Waals surface area contributed by atoms with E-state index in [2.05, 4.69) is 46.3 Å². The second kappa shape index (κ2) is 11.7. The number of alkyl halides is 2. The van der Waals surface area contributed by atoms with Crippen molar-refractivity contribution < 1.29 is 28.0 Å². The van der Waals surface area contributed by atoms with Crippen molar-refractivity contribution in [2.75, 3.05) is 5.32 Å². The van der Waals surface area contributed by atoms with E-state index in [9.17, 15) is 23.7 Å². The van der Waals surface area contributed by atoms with Gasteiger partial charge in [0.25, 0.3) is 0 Å². The number of hydrogen-bond acceptors (Lipinski definition) is 9. The average Bonchev–Trinajstić information content (AvgIpc) is 2.84. The first kappa shape index (κ1) is 29.1. The van der Waals surface area contributed by atoms with Gasteiger partial charge >= 0.3 is 18.4 Å². The van der Waals surface area contributed by atoms with Crippen LogP contribution in [0.15, 0.2) is 47.2 Å². The number of halogens is 3. The number of pyridine rings is 1. The van der Waals surface area contributed by atoms with E-state index < -0.39 is 28.8 Å². The molecule has 4 rings (SSSR count). The molecule has 11 nitrogen and oxygen atoms in total. The number of alkyl carbamates (subject to hydrolysis) is 1. The number of hydrogen-bond donors (Lipinski definition) is 2. The Morgan fingerprint density at radius 1 is 1.20 bits per heavy atom. The highest BCUT2D eigenvalue weighted by atomic mass is 79.9. The van der Waals surface area contributed by atoms with Crippen molar-refractivity contribution in [1.82, 2.24) is 20.3 Å². The Hall–Kier alpha value is -3.94. The molecule has 2 aromatic heterocycles. The van der Waals surface area contributed by atoms with Crippen molar-refractivity contribution in [1.29, 1.82) is 0 Å². The van der Waals surface area contributed by atoms with Gasteiger partial charge in [-0.05, 0) is 58.2 Å². The molecule has 0 unspecified atom stereocenters. The Morgan fingerprint density at radius 3 is 2.48 bits per heavy atom. The quantitative estimate of drug-likeness (QED) is 0.207. The lowest BCUT2D eigenvalue weighted by Gasteiger charge is -2.41. The first-order chi connectivity index (χ1) is 18.9. The average molecular weight is 621 g/mol. The van der Waals surface area contributed by atoms with Crippen LogP contribution in [0.4, 0.5) is 25.1 Å². The minimum atomic E-state index is -3.04.